The van der Waals surface area contributed by atoms with Gasteiger partial charge >= 0.3 is 0 Å². The van der Waals surface area contributed by atoms with E-state index in [9.17, 15) is 0 Å². The molecule has 1 aliphatic heterocycles. The summed E-state index contributed by atoms with van der Waals surface area (Å²) in [6.45, 7) is 6.83. The number of aromatic nitrogens is 1. The van der Waals surface area contributed by atoms with Gasteiger partial charge in [-0.25, -0.2) is 0 Å². The monoisotopic (exact) mass is 192 g/mol. The first-order chi connectivity index (χ1) is 6.68. The molecule has 0 N–H and O–H groups in total. The molecule has 0 radical (unpaired) electrons. The first-order valence-corrected chi connectivity index (χ1v) is 5.51. The zero-order chi connectivity index (χ0) is 10.1. The molecular weight excluding hydrogens is 172 g/mol. The SMILES string of the molecule is Cc1ccc(C)n1CC1CCCN1C. The van der Waals surface area contributed by atoms with E-state index in [4.69, 9.17) is 0 Å². The van der Waals surface area contributed by atoms with E-state index in [0.717, 1.165) is 6.04 Å². The molecule has 1 aliphatic rings. The fraction of sp³-hybridized carbons (Fsp3) is 0.667. The number of rotatable bonds is 2. The minimum Gasteiger partial charge on any atom is -0.348 e. The third-order valence-corrected chi connectivity index (χ3v) is 3.48. The Bertz CT molecular complexity index is 295. The van der Waals surface area contributed by atoms with Crippen LogP contribution in [0.5, 0.6) is 0 Å². The molecule has 1 atom stereocenters. The van der Waals surface area contributed by atoms with Crippen LogP contribution in [0.1, 0.15) is 24.2 Å². The lowest BCUT2D eigenvalue weighted by atomic mass is 10.2. The molecule has 0 bridgehead atoms. The molecule has 1 saturated heterocycles. The van der Waals surface area contributed by atoms with Crippen LogP contribution in [0.25, 0.3) is 0 Å². The zero-order valence-corrected chi connectivity index (χ0v) is 9.45. The van der Waals surface area contributed by atoms with E-state index in [1.165, 1.54) is 37.3 Å². The molecule has 0 spiro atoms. The van der Waals surface area contributed by atoms with Crippen LogP contribution in [0.4, 0.5) is 0 Å². The lowest BCUT2D eigenvalue weighted by Crippen LogP contribution is -2.29. The van der Waals surface area contributed by atoms with E-state index in [-0.39, 0.29) is 0 Å². The molecule has 2 heterocycles. The summed E-state index contributed by atoms with van der Waals surface area (Å²) in [6, 6.07) is 5.17. The van der Waals surface area contributed by atoms with Crippen molar-refractivity contribution in [1.29, 1.82) is 0 Å². The van der Waals surface area contributed by atoms with Crippen molar-refractivity contribution in [2.24, 2.45) is 0 Å². The van der Waals surface area contributed by atoms with Crippen LogP contribution in [0, 0.1) is 13.8 Å². The topological polar surface area (TPSA) is 8.17 Å². The molecule has 2 rings (SSSR count). The summed E-state index contributed by atoms with van der Waals surface area (Å²) < 4.78 is 2.44. The molecule has 0 aromatic carbocycles. The number of hydrogen-bond donors (Lipinski definition) is 0. The summed E-state index contributed by atoms with van der Waals surface area (Å²) in [6.07, 6.45) is 2.72. The van der Waals surface area contributed by atoms with Crippen LogP contribution >= 0.6 is 0 Å². The largest absolute Gasteiger partial charge is 0.348 e. The molecule has 2 nitrogen and oxygen atoms in total. The number of likely N-dealkylation sites (tertiary alicyclic amines) is 1. The van der Waals surface area contributed by atoms with Gasteiger partial charge in [-0.3, -0.25) is 0 Å². The molecule has 0 aliphatic carbocycles. The molecule has 0 saturated carbocycles. The maximum atomic E-state index is 2.48. The van der Waals surface area contributed by atoms with Gasteiger partial charge in [-0.2, -0.15) is 0 Å². The van der Waals surface area contributed by atoms with Gasteiger partial charge in [0.2, 0.25) is 0 Å². The third kappa shape index (κ3) is 1.71. The normalized spacial score (nSPS) is 23.2. The molecule has 14 heavy (non-hydrogen) atoms. The average Bonchev–Trinajstić information content (AvgIpc) is 2.67. The smallest absolute Gasteiger partial charge is 0.0380 e. The quantitative estimate of drug-likeness (QED) is 0.697. The lowest BCUT2D eigenvalue weighted by Gasteiger charge is -2.21. The highest BCUT2D eigenvalue weighted by molar-refractivity contribution is 5.13. The Morgan fingerprint density at radius 1 is 1.29 bits per heavy atom. The maximum Gasteiger partial charge on any atom is 0.0380 e. The second-order valence-electron chi connectivity index (χ2n) is 4.50. The van der Waals surface area contributed by atoms with E-state index in [1.807, 2.05) is 0 Å². The van der Waals surface area contributed by atoms with Crippen molar-refractivity contribution >= 4 is 0 Å². The predicted octanol–water partition coefficient (Wildman–Crippen LogP) is 2.20. The first kappa shape index (κ1) is 9.78. The van der Waals surface area contributed by atoms with Gasteiger partial charge in [0.1, 0.15) is 0 Å². The molecule has 1 aromatic rings. The lowest BCUT2D eigenvalue weighted by molar-refractivity contribution is 0.280. The van der Waals surface area contributed by atoms with E-state index in [0.29, 0.717) is 0 Å². The van der Waals surface area contributed by atoms with Crippen molar-refractivity contribution in [3.05, 3.63) is 23.5 Å². The highest BCUT2D eigenvalue weighted by Crippen LogP contribution is 2.18. The summed E-state index contributed by atoms with van der Waals surface area (Å²) in [5.41, 5.74) is 2.78. The molecule has 1 unspecified atom stereocenters. The molecule has 0 amide bonds. The number of likely N-dealkylation sites (N-methyl/N-ethyl adjacent to an activating group) is 1. The second kappa shape index (κ2) is 3.77. The van der Waals surface area contributed by atoms with Gasteiger partial charge in [-0.1, -0.05) is 0 Å². The van der Waals surface area contributed by atoms with Crippen LogP contribution in [0.2, 0.25) is 0 Å². The molecule has 1 fully saturated rings. The molecular formula is C12H20N2. The van der Waals surface area contributed by atoms with Gasteiger partial charge < -0.3 is 9.47 Å². The highest BCUT2D eigenvalue weighted by Gasteiger charge is 2.21. The van der Waals surface area contributed by atoms with Crippen LogP contribution < -0.4 is 0 Å². The van der Waals surface area contributed by atoms with Crippen molar-refractivity contribution in [3.8, 4) is 0 Å². The summed E-state index contributed by atoms with van der Waals surface area (Å²) in [5.74, 6) is 0. The Kier molecular flexibility index (Phi) is 2.64. The van der Waals surface area contributed by atoms with Crippen molar-refractivity contribution in [1.82, 2.24) is 9.47 Å². The Morgan fingerprint density at radius 2 is 1.93 bits per heavy atom. The van der Waals surface area contributed by atoms with Gasteiger partial charge in [-0.05, 0) is 52.4 Å². The number of hydrogen-bond acceptors (Lipinski definition) is 1. The second-order valence-corrected chi connectivity index (χ2v) is 4.50. The third-order valence-electron chi connectivity index (χ3n) is 3.48. The molecule has 78 valence electrons. The maximum absolute atomic E-state index is 2.48. The zero-order valence-electron chi connectivity index (χ0n) is 9.45. The summed E-state index contributed by atoms with van der Waals surface area (Å²) >= 11 is 0. The van der Waals surface area contributed by atoms with E-state index in [1.54, 1.807) is 0 Å². The minimum atomic E-state index is 0.750. The van der Waals surface area contributed by atoms with Gasteiger partial charge in [0.15, 0.2) is 0 Å². The Labute approximate surface area is 86.5 Å². The Morgan fingerprint density at radius 3 is 2.43 bits per heavy atom. The summed E-state index contributed by atoms with van der Waals surface area (Å²) in [5, 5.41) is 0. The van der Waals surface area contributed by atoms with E-state index < -0.39 is 0 Å². The molecule has 1 aromatic heterocycles. The average molecular weight is 192 g/mol. The van der Waals surface area contributed by atoms with Crippen LogP contribution in [0.3, 0.4) is 0 Å². The van der Waals surface area contributed by atoms with Crippen molar-refractivity contribution in [3.63, 3.8) is 0 Å². The number of nitrogens with zero attached hydrogens (tertiary/aromatic N) is 2. The highest BCUT2D eigenvalue weighted by atomic mass is 15.2. The van der Waals surface area contributed by atoms with Gasteiger partial charge in [0.25, 0.3) is 0 Å². The van der Waals surface area contributed by atoms with Crippen LogP contribution in [-0.2, 0) is 6.54 Å². The molecule has 2 heteroatoms. The van der Waals surface area contributed by atoms with Gasteiger partial charge in [0, 0.05) is 24.0 Å². The Hall–Kier alpha value is -0.760. The standard InChI is InChI=1S/C12H20N2/c1-10-6-7-11(2)14(10)9-12-5-4-8-13(12)3/h6-7,12H,4-5,8-9H2,1-3H3. The van der Waals surface area contributed by atoms with Gasteiger partial charge in [-0.15, -0.1) is 0 Å². The van der Waals surface area contributed by atoms with E-state index >= 15 is 0 Å². The van der Waals surface area contributed by atoms with Crippen molar-refractivity contribution in [2.45, 2.75) is 39.3 Å². The predicted molar refractivity (Wildman–Crippen MR) is 59.6 cm³/mol. The van der Waals surface area contributed by atoms with Crippen molar-refractivity contribution < 1.29 is 0 Å². The minimum absolute atomic E-state index is 0.750. The summed E-state index contributed by atoms with van der Waals surface area (Å²) in [4.78, 5) is 2.48. The van der Waals surface area contributed by atoms with E-state index in [2.05, 4.69) is 42.5 Å². The first-order valence-electron chi connectivity index (χ1n) is 5.51. The van der Waals surface area contributed by atoms with Crippen LogP contribution in [-0.4, -0.2) is 29.1 Å². The number of aryl methyl sites for hydroxylation is 2. The van der Waals surface area contributed by atoms with Crippen molar-refractivity contribution in [2.75, 3.05) is 13.6 Å². The van der Waals surface area contributed by atoms with Crippen LogP contribution in [0.15, 0.2) is 12.1 Å². The fourth-order valence-corrected chi connectivity index (χ4v) is 2.41. The fourth-order valence-electron chi connectivity index (χ4n) is 2.41. The Balaban J connectivity index is 2.10. The van der Waals surface area contributed by atoms with Gasteiger partial charge in [0.05, 0.1) is 0 Å². The summed E-state index contributed by atoms with van der Waals surface area (Å²) in [7, 11) is 2.24.